The Morgan fingerprint density at radius 2 is 1.86 bits per heavy atom. The number of hydrogen-bond acceptors (Lipinski definition) is 7. The van der Waals surface area contributed by atoms with Crippen LogP contribution in [0.25, 0.3) is 0 Å². The Labute approximate surface area is 177 Å². The third-order valence-electron chi connectivity index (χ3n) is 4.90. The van der Waals surface area contributed by atoms with Gasteiger partial charge in [0.15, 0.2) is 10.9 Å². The van der Waals surface area contributed by atoms with Crippen LogP contribution < -0.4 is 10.6 Å². The summed E-state index contributed by atoms with van der Waals surface area (Å²) in [4.78, 5) is 36.3. The van der Waals surface area contributed by atoms with E-state index >= 15 is 0 Å². The van der Waals surface area contributed by atoms with Gasteiger partial charge in [0.25, 0.3) is 0 Å². The summed E-state index contributed by atoms with van der Waals surface area (Å²) in [5.74, 6) is -0.684. The molecule has 2 aliphatic rings. The highest BCUT2D eigenvalue weighted by Crippen LogP contribution is 2.34. The molecule has 166 valence electrons. The van der Waals surface area contributed by atoms with Gasteiger partial charge in [-0.1, -0.05) is 25.6 Å². The van der Waals surface area contributed by atoms with Gasteiger partial charge < -0.3 is 24.8 Å². The molecule has 2 heterocycles. The topological polar surface area (TPSA) is 103 Å². The number of nitrogens with one attached hydrogen (secondary N) is 2. The molecule has 2 aliphatic heterocycles. The lowest BCUT2D eigenvalue weighted by molar-refractivity contribution is -0.304. The lowest BCUT2D eigenvalue weighted by Gasteiger charge is -2.44. The summed E-state index contributed by atoms with van der Waals surface area (Å²) in [6, 6.07) is 0. The Kier molecular flexibility index (Phi) is 8.93. The Morgan fingerprint density at radius 1 is 1.10 bits per heavy atom. The third kappa shape index (κ3) is 8.24. The molecule has 0 bridgehead atoms. The highest BCUT2D eigenvalue weighted by atomic mass is 32.2. The fourth-order valence-electron chi connectivity index (χ4n) is 3.21. The minimum atomic E-state index is -0.812. The van der Waals surface area contributed by atoms with Gasteiger partial charge in [-0.05, 0) is 26.7 Å². The van der Waals surface area contributed by atoms with E-state index in [1.165, 1.54) is 11.8 Å². The van der Waals surface area contributed by atoms with Crippen LogP contribution in [-0.2, 0) is 28.6 Å². The minimum absolute atomic E-state index is 0.0588. The average Bonchev–Trinajstić information content (AvgIpc) is 3.14. The van der Waals surface area contributed by atoms with Gasteiger partial charge in [-0.2, -0.15) is 0 Å². The fourth-order valence-corrected chi connectivity index (χ4v) is 3.94. The summed E-state index contributed by atoms with van der Waals surface area (Å²) in [5, 5.41) is 5.64. The van der Waals surface area contributed by atoms with Crippen LogP contribution >= 0.6 is 11.8 Å². The van der Waals surface area contributed by atoms with E-state index in [2.05, 4.69) is 10.6 Å². The van der Waals surface area contributed by atoms with Gasteiger partial charge in [0.2, 0.25) is 11.8 Å². The molecule has 2 amide bonds. The zero-order valence-corrected chi connectivity index (χ0v) is 18.7. The first-order valence-corrected chi connectivity index (χ1v) is 11.2. The van der Waals surface area contributed by atoms with Crippen LogP contribution in [0.4, 0.5) is 0 Å². The molecule has 0 aromatic rings. The van der Waals surface area contributed by atoms with E-state index in [0.29, 0.717) is 25.3 Å². The average molecular weight is 431 g/mol. The van der Waals surface area contributed by atoms with Crippen LogP contribution in [0.15, 0.2) is 0 Å². The largest absolute Gasteiger partial charge is 0.378 e. The second-order valence-corrected chi connectivity index (χ2v) is 9.78. The van der Waals surface area contributed by atoms with Gasteiger partial charge in [0.1, 0.15) is 6.10 Å². The molecule has 29 heavy (non-hydrogen) atoms. The van der Waals surface area contributed by atoms with Crippen LogP contribution in [0.2, 0.25) is 0 Å². The van der Waals surface area contributed by atoms with Crippen molar-refractivity contribution < 1.29 is 28.6 Å². The normalized spacial score (nSPS) is 25.4. The quantitative estimate of drug-likeness (QED) is 0.536. The first-order chi connectivity index (χ1) is 13.6. The number of amides is 2. The van der Waals surface area contributed by atoms with E-state index in [9.17, 15) is 14.4 Å². The van der Waals surface area contributed by atoms with Gasteiger partial charge in [-0.25, -0.2) is 0 Å². The van der Waals surface area contributed by atoms with Gasteiger partial charge in [0.05, 0.1) is 12.7 Å². The molecular formula is C20H34N2O6S. The van der Waals surface area contributed by atoms with E-state index in [1.807, 2.05) is 13.8 Å². The second kappa shape index (κ2) is 10.7. The van der Waals surface area contributed by atoms with Crippen molar-refractivity contribution in [3.05, 3.63) is 0 Å². The maximum atomic E-state index is 12.5. The Balaban J connectivity index is 1.57. The lowest BCUT2D eigenvalue weighted by Crippen LogP contribution is -2.56. The van der Waals surface area contributed by atoms with Gasteiger partial charge in [0, 0.05) is 43.7 Å². The zero-order chi connectivity index (χ0) is 21.5. The molecule has 0 aromatic heterocycles. The molecule has 0 radical (unpaired) electrons. The van der Waals surface area contributed by atoms with Crippen LogP contribution in [0.1, 0.15) is 53.4 Å². The number of thioether (sulfide) groups is 1. The van der Waals surface area contributed by atoms with Crippen LogP contribution in [0.5, 0.6) is 0 Å². The first-order valence-electron chi connectivity index (χ1n) is 10.2. The predicted octanol–water partition coefficient (Wildman–Crippen LogP) is 1.62. The molecule has 2 atom stereocenters. The monoisotopic (exact) mass is 430 g/mol. The van der Waals surface area contributed by atoms with Crippen molar-refractivity contribution in [2.24, 2.45) is 5.41 Å². The van der Waals surface area contributed by atoms with Crippen LogP contribution in [0, 0.1) is 5.41 Å². The molecule has 0 spiro atoms. The summed E-state index contributed by atoms with van der Waals surface area (Å²) in [7, 11) is 0. The number of carbonyl (C=O) groups excluding carboxylic acids is 3. The number of carbonyl (C=O) groups is 3. The van der Waals surface area contributed by atoms with Crippen molar-refractivity contribution in [2.75, 3.05) is 32.1 Å². The third-order valence-corrected chi connectivity index (χ3v) is 5.80. The maximum Gasteiger partial charge on any atom is 0.249 e. The molecule has 8 nitrogen and oxygen atoms in total. The van der Waals surface area contributed by atoms with Crippen molar-refractivity contribution in [2.45, 2.75) is 71.4 Å². The standard InChI is InChI=1S/C20H34N2O6S/c1-19(2)13-27-20(3,4)28-17(19)18(25)22-8-7-15(23)21-9-11-29-16(24)12-14-6-5-10-26-14/h14,17H,5-13H2,1-4H3,(H,21,23)(H,22,25)/t14?,17-/m0/s1. The zero-order valence-electron chi connectivity index (χ0n) is 17.9. The van der Waals surface area contributed by atoms with Crippen LogP contribution in [0.3, 0.4) is 0 Å². The van der Waals surface area contributed by atoms with E-state index in [1.54, 1.807) is 13.8 Å². The van der Waals surface area contributed by atoms with Gasteiger partial charge in [-0.15, -0.1) is 0 Å². The van der Waals surface area contributed by atoms with E-state index < -0.39 is 17.3 Å². The molecule has 9 heteroatoms. The molecule has 1 unspecified atom stereocenters. The van der Waals surface area contributed by atoms with Crippen molar-refractivity contribution in [1.82, 2.24) is 10.6 Å². The summed E-state index contributed by atoms with van der Waals surface area (Å²) < 4.78 is 16.8. The molecule has 0 aromatic carbocycles. The minimum Gasteiger partial charge on any atom is -0.378 e. The second-order valence-electron chi connectivity index (χ2n) is 8.63. The SMILES string of the molecule is CC1(C)OCC(C)(C)[C@H](C(=O)NCCC(=O)NCCSC(=O)CC2CCCO2)O1. The van der Waals surface area contributed by atoms with Crippen LogP contribution in [-0.4, -0.2) is 67.0 Å². The fraction of sp³-hybridized carbons (Fsp3) is 0.850. The molecule has 2 saturated heterocycles. The molecule has 0 aliphatic carbocycles. The summed E-state index contributed by atoms with van der Waals surface area (Å²) in [6.07, 6.45) is 2.00. The number of hydrogen-bond donors (Lipinski definition) is 2. The van der Waals surface area contributed by atoms with E-state index in [0.717, 1.165) is 19.4 Å². The lowest BCUT2D eigenvalue weighted by atomic mass is 9.85. The highest BCUT2D eigenvalue weighted by Gasteiger charge is 2.45. The maximum absolute atomic E-state index is 12.5. The molecular weight excluding hydrogens is 396 g/mol. The molecule has 2 fully saturated rings. The van der Waals surface area contributed by atoms with E-state index in [4.69, 9.17) is 14.2 Å². The summed E-state index contributed by atoms with van der Waals surface area (Å²) >= 11 is 1.22. The molecule has 2 N–H and O–H groups in total. The Bertz CT molecular complexity index is 590. The predicted molar refractivity (Wildman–Crippen MR) is 110 cm³/mol. The first kappa shape index (κ1) is 24.1. The summed E-state index contributed by atoms with van der Waals surface area (Å²) in [5.41, 5.74) is -0.449. The Morgan fingerprint density at radius 3 is 2.55 bits per heavy atom. The van der Waals surface area contributed by atoms with Gasteiger partial charge >= 0.3 is 0 Å². The smallest absolute Gasteiger partial charge is 0.249 e. The molecule has 2 rings (SSSR count). The summed E-state index contributed by atoms with van der Waals surface area (Å²) in [6.45, 7) is 9.19. The van der Waals surface area contributed by atoms with Crippen molar-refractivity contribution >= 4 is 28.7 Å². The Hall–Kier alpha value is -1.16. The van der Waals surface area contributed by atoms with Crippen molar-refractivity contribution in [3.8, 4) is 0 Å². The van der Waals surface area contributed by atoms with E-state index in [-0.39, 0.29) is 36.0 Å². The highest BCUT2D eigenvalue weighted by molar-refractivity contribution is 8.13. The molecule has 0 saturated carbocycles. The number of ether oxygens (including phenoxy) is 3. The van der Waals surface area contributed by atoms with Gasteiger partial charge in [-0.3, -0.25) is 14.4 Å². The van der Waals surface area contributed by atoms with Crippen molar-refractivity contribution in [3.63, 3.8) is 0 Å². The van der Waals surface area contributed by atoms with Crippen molar-refractivity contribution in [1.29, 1.82) is 0 Å². The number of rotatable bonds is 9.